The van der Waals surface area contributed by atoms with Gasteiger partial charge in [0.05, 0.1) is 56.1 Å². The number of aliphatic hydroxyl groups excluding tert-OH is 3. The summed E-state index contributed by atoms with van der Waals surface area (Å²) in [6.07, 6.45) is -11.6. The zero-order valence-electron chi connectivity index (χ0n) is 52.7. The first-order chi connectivity index (χ1) is 42.6. The van der Waals surface area contributed by atoms with E-state index in [1.54, 1.807) is 83.1 Å². The van der Waals surface area contributed by atoms with Gasteiger partial charge in [0.25, 0.3) is 0 Å². The fraction of sp³-hybridized carbons (Fsp3) is 0.603. The van der Waals surface area contributed by atoms with Crippen molar-refractivity contribution in [2.45, 2.75) is 186 Å². The highest BCUT2D eigenvalue weighted by atomic mass is 16.6. The Labute approximate surface area is 526 Å². The number of likely N-dealkylation sites (tertiary alicyclic amines) is 1. The summed E-state index contributed by atoms with van der Waals surface area (Å²) in [7, 11) is 0. The minimum absolute atomic E-state index is 0.0495. The highest BCUT2D eigenvalue weighted by molar-refractivity contribution is 5.96. The van der Waals surface area contributed by atoms with Crippen LogP contribution < -0.4 is 32.3 Å². The highest BCUT2D eigenvalue weighted by Gasteiger charge is 2.78. The molecule has 3 unspecified atom stereocenters. The van der Waals surface area contributed by atoms with Crippen LogP contribution in [0.3, 0.4) is 0 Å². The number of fused-ring (bicyclic) bond motifs is 5. The Bertz CT molecular complexity index is 3140. The molecule has 498 valence electrons. The molecule has 0 spiro atoms. The molecule has 2 aromatic rings. The largest absolute Gasteiger partial charge is 0.460 e. The summed E-state index contributed by atoms with van der Waals surface area (Å²) in [4.78, 5) is 151. The Morgan fingerprint density at radius 2 is 1.48 bits per heavy atom. The number of aliphatic hydroxyl groups is 4. The number of amides is 6. The number of ketones is 1. The minimum atomic E-state index is -2.47. The number of carbonyl (C=O) groups excluding carboxylic acids is 11. The van der Waals surface area contributed by atoms with Crippen LogP contribution in [0.1, 0.15) is 119 Å². The number of Topliss-reactive ketones (excluding diaryl/α,β-unsaturated/α-hetero) is 1. The molecule has 3 aliphatic carbocycles. The predicted molar refractivity (Wildman–Crippen MR) is 317 cm³/mol. The number of carbonyl (C=O) groups is 11. The second-order valence-electron chi connectivity index (χ2n) is 25.9. The lowest BCUT2D eigenvalue weighted by Gasteiger charge is -2.67. The molecule has 0 aromatic heterocycles. The van der Waals surface area contributed by atoms with E-state index in [1.807, 2.05) is 0 Å². The lowest BCUT2D eigenvalue weighted by molar-refractivity contribution is -0.347. The maximum absolute atomic E-state index is 15.0. The second kappa shape index (κ2) is 28.3. The number of benzene rings is 2. The third-order valence-electron chi connectivity index (χ3n) is 17.9. The molecule has 5 aliphatic rings. The number of hydrogen-bond acceptors (Lipinski definition) is 22. The summed E-state index contributed by atoms with van der Waals surface area (Å²) in [6, 6.07) is 9.75. The van der Waals surface area contributed by atoms with E-state index in [1.165, 1.54) is 44.7 Å². The Kier molecular flexibility index (Phi) is 22.0. The van der Waals surface area contributed by atoms with Crippen molar-refractivity contribution in [2.24, 2.45) is 28.4 Å². The predicted octanol–water partition coefficient (Wildman–Crippen LogP) is -0.113. The number of hydrogen-bond donors (Lipinski definition) is 10. The molecule has 0 radical (unpaired) electrons. The molecule has 2 saturated carbocycles. The van der Waals surface area contributed by atoms with Gasteiger partial charge in [-0.1, -0.05) is 88.4 Å². The van der Waals surface area contributed by atoms with Gasteiger partial charge in [-0.2, -0.15) is 0 Å². The molecular formula is C63H85N7O21. The maximum atomic E-state index is 15.0. The monoisotopic (exact) mass is 1280 g/mol. The van der Waals surface area contributed by atoms with Gasteiger partial charge in [-0.3, -0.25) is 38.4 Å². The van der Waals surface area contributed by atoms with E-state index in [0.717, 1.165) is 6.92 Å². The number of esters is 5. The van der Waals surface area contributed by atoms with Gasteiger partial charge in [-0.25, -0.2) is 14.4 Å². The van der Waals surface area contributed by atoms with Crippen LogP contribution in [0, 0.1) is 22.7 Å². The van der Waals surface area contributed by atoms with Crippen LogP contribution in [0.2, 0.25) is 0 Å². The van der Waals surface area contributed by atoms with Crippen molar-refractivity contribution in [1.29, 1.82) is 0 Å². The highest BCUT2D eigenvalue weighted by Crippen LogP contribution is 2.64. The summed E-state index contributed by atoms with van der Waals surface area (Å²) in [5.41, 5.74) is -2.56. The molecule has 2 heterocycles. The lowest BCUT2D eigenvalue weighted by Crippen LogP contribution is -2.81. The zero-order valence-corrected chi connectivity index (χ0v) is 52.7. The average molecular weight is 1280 g/mol. The van der Waals surface area contributed by atoms with Crippen molar-refractivity contribution in [3.8, 4) is 0 Å². The average Bonchev–Trinajstić information content (AvgIpc) is 1.00. The summed E-state index contributed by atoms with van der Waals surface area (Å²) in [5, 5.41) is 62.0. The van der Waals surface area contributed by atoms with Crippen LogP contribution in [0.5, 0.6) is 0 Å². The van der Waals surface area contributed by atoms with Crippen LogP contribution in [-0.4, -0.2) is 195 Å². The first-order valence-corrected chi connectivity index (χ1v) is 30.2. The maximum Gasteiger partial charge on any atom is 0.338 e. The molecule has 2 aromatic carbocycles. The second-order valence-corrected chi connectivity index (χ2v) is 25.9. The van der Waals surface area contributed by atoms with Gasteiger partial charge in [0.1, 0.15) is 60.4 Å². The van der Waals surface area contributed by atoms with Gasteiger partial charge in [-0.15, -0.1) is 0 Å². The van der Waals surface area contributed by atoms with Crippen LogP contribution in [0.25, 0.3) is 0 Å². The van der Waals surface area contributed by atoms with Crippen molar-refractivity contribution >= 4 is 65.3 Å². The third-order valence-corrected chi connectivity index (χ3v) is 17.9. The first-order valence-electron chi connectivity index (χ1n) is 30.2. The van der Waals surface area contributed by atoms with Gasteiger partial charge in [-0.05, 0) is 75.7 Å². The number of nitrogens with two attached hydrogens (primary N) is 1. The van der Waals surface area contributed by atoms with Crippen molar-refractivity contribution in [3.63, 3.8) is 0 Å². The molecule has 11 N–H and O–H groups in total. The molecule has 91 heavy (non-hydrogen) atoms. The summed E-state index contributed by atoms with van der Waals surface area (Å²) >= 11 is 0. The molecule has 28 nitrogen and oxygen atoms in total. The molecular weight excluding hydrogens is 1190 g/mol. The van der Waals surface area contributed by atoms with Gasteiger partial charge < -0.3 is 86.1 Å². The SMILES string of the molecule is CC(=O)O[C@@]12COC1C[C@H](O)[C@@]1(C)C(=O)[C@H](O)C3=C(C)[C@@H](OC(=O)[C@H](O)[C@@H](NC(=O)N[C@H](C(=O)N4CCC[C@H]4C(=O)NCC(=O)NCC(=O)NC(CC(=O)OC(C)(C)C)C(=O)OCc4ccccc4)C(C)C)c4ccccc4)C[C@@](O)([C@@H](OC(=O)CN)C21)C3(C)C. The quantitative estimate of drug-likeness (QED) is 0.0417. The summed E-state index contributed by atoms with van der Waals surface area (Å²) < 4.78 is 34.5. The van der Waals surface area contributed by atoms with Crippen molar-refractivity contribution in [3.05, 3.63) is 82.9 Å². The van der Waals surface area contributed by atoms with Crippen molar-refractivity contribution in [1.82, 2.24) is 31.5 Å². The van der Waals surface area contributed by atoms with E-state index in [9.17, 15) is 68.4 Å². The van der Waals surface area contributed by atoms with Crippen LogP contribution >= 0.6 is 0 Å². The topological polar surface area (TPSA) is 413 Å². The number of nitrogens with one attached hydrogen (secondary N) is 5. The summed E-state index contributed by atoms with van der Waals surface area (Å²) in [5.74, 6) is -11.4. The zero-order chi connectivity index (χ0) is 67.3. The Morgan fingerprint density at radius 1 is 0.846 bits per heavy atom. The first kappa shape index (κ1) is 70.6. The lowest BCUT2D eigenvalue weighted by atomic mass is 9.44. The van der Waals surface area contributed by atoms with Crippen LogP contribution in [0.4, 0.5) is 4.79 Å². The van der Waals surface area contributed by atoms with E-state index in [0.29, 0.717) is 12.0 Å². The molecule has 6 amide bonds. The minimum Gasteiger partial charge on any atom is -0.460 e. The van der Waals surface area contributed by atoms with E-state index >= 15 is 4.79 Å². The molecule has 4 fully saturated rings. The molecule has 2 bridgehead atoms. The summed E-state index contributed by atoms with van der Waals surface area (Å²) in [6.45, 7) is 12.4. The molecule has 2 aliphatic heterocycles. The fourth-order valence-electron chi connectivity index (χ4n) is 13.2. The number of rotatable bonds is 22. The number of nitrogens with zero attached hydrogens (tertiary/aromatic N) is 1. The molecule has 14 atom stereocenters. The Morgan fingerprint density at radius 3 is 2.08 bits per heavy atom. The van der Waals surface area contributed by atoms with E-state index in [2.05, 4.69) is 26.6 Å². The van der Waals surface area contributed by atoms with Crippen molar-refractivity contribution < 1.29 is 102 Å². The van der Waals surface area contributed by atoms with Gasteiger partial charge >= 0.3 is 35.9 Å². The molecule has 28 heteroatoms. The molecule has 2 saturated heterocycles. The van der Waals surface area contributed by atoms with Gasteiger partial charge in [0.2, 0.25) is 23.6 Å². The fourth-order valence-corrected chi connectivity index (χ4v) is 13.2. The Hall–Kier alpha value is -7.89. The van der Waals surface area contributed by atoms with Gasteiger partial charge in [0.15, 0.2) is 17.5 Å². The van der Waals surface area contributed by atoms with E-state index in [-0.39, 0.29) is 49.3 Å². The number of urea groups is 1. The third kappa shape index (κ3) is 15.1. The van der Waals surface area contributed by atoms with Gasteiger partial charge in [0, 0.05) is 31.7 Å². The molecule has 7 rings (SSSR count). The smallest absolute Gasteiger partial charge is 0.338 e. The van der Waals surface area contributed by atoms with E-state index in [4.69, 9.17) is 34.2 Å². The number of ether oxygens (including phenoxy) is 6. The standard InChI is InChI=1S/C63H85N7O21/c1-32(2)47(55(81)70-23-17-22-38(70)54(80)66-28-42(73)65-29-43(74)67-37(24-44(75)91-59(5,6)7)56(82)86-30-35-18-13-11-14-19-35)68-58(84)69-48(36-20-15-12-16-21-36)50(78)57(83)88-39-26-63(85)53(89-45(76)27-64)51-61(10,52(79)49(77)46(33(39)3)60(63,8)9)40(72)25-41-62(51,31-87-41)90-34(4)71/h11-16,18-21,32,37-41,47-51,53,72,77-78,85H,17,22-31,64H2,1-10H3,(H,65,73)(H,66,80)(H,67,74)(H2,68,69,84)/t37?,38-,39-,40-,41?,47-,48-,49+,50+,51?,53-,61+,62-,63+/m0/s1. The van der Waals surface area contributed by atoms with Crippen molar-refractivity contribution in [2.75, 3.05) is 32.8 Å². The van der Waals surface area contributed by atoms with Crippen LogP contribution in [-0.2, 0) is 83.0 Å². The normalized spacial score (nSPS) is 27.8. The van der Waals surface area contributed by atoms with E-state index < -0.39 is 198 Å². The van der Waals surface area contributed by atoms with Crippen LogP contribution in [0.15, 0.2) is 71.8 Å². The Balaban J connectivity index is 1.03.